The molecular formula is C10H25N2O2PS. The van der Waals surface area contributed by atoms with E-state index in [0.29, 0.717) is 19.1 Å². The summed E-state index contributed by atoms with van der Waals surface area (Å²) >= 11 is 4.01. The maximum atomic E-state index is 5.71. The van der Waals surface area contributed by atoms with Crippen LogP contribution in [-0.2, 0) is 9.05 Å². The van der Waals surface area contributed by atoms with Crippen LogP contribution in [0.25, 0.3) is 0 Å². The van der Waals surface area contributed by atoms with Crippen LogP contribution in [-0.4, -0.2) is 18.5 Å². The number of nitrogens with one attached hydrogen (secondary N) is 2. The molecule has 0 unspecified atom stereocenters. The summed E-state index contributed by atoms with van der Waals surface area (Å²) in [5.74, 6) is 0.560. The second-order valence-corrected chi connectivity index (χ2v) is 6.44. The smallest absolute Gasteiger partial charge is 0.193 e. The van der Waals surface area contributed by atoms with E-state index < -0.39 is 8.38 Å². The standard InChI is InChI=1S/C10H25N2O2PS/c1-6-13-15(14-7-2)10(5,11-12-16)8-9(3)4/h9,11-12,16H,6-8H2,1-5H3/t10-/m1/s1. The molecule has 0 rings (SSSR count). The highest BCUT2D eigenvalue weighted by atomic mass is 32.1. The highest BCUT2D eigenvalue weighted by Crippen LogP contribution is 2.52. The molecule has 2 N–H and O–H groups in total. The SMILES string of the molecule is CCOP(OCC)[C@](C)(CC(C)C)NNS. The molecule has 0 aliphatic heterocycles. The lowest BCUT2D eigenvalue weighted by molar-refractivity contribution is 0.226. The van der Waals surface area contributed by atoms with Gasteiger partial charge in [-0.1, -0.05) is 26.7 Å². The van der Waals surface area contributed by atoms with Crippen molar-refractivity contribution in [2.75, 3.05) is 13.2 Å². The molecule has 0 aromatic heterocycles. The lowest BCUT2D eigenvalue weighted by atomic mass is 10.1. The van der Waals surface area contributed by atoms with E-state index in [1.165, 1.54) is 0 Å². The maximum Gasteiger partial charge on any atom is 0.193 e. The van der Waals surface area contributed by atoms with E-state index in [9.17, 15) is 0 Å². The summed E-state index contributed by atoms with van der Waals surface area (Å²) in [4.78, 5) is 2.71. The first kappa shape index (κ1) is 16.6. The third kappa shape index (κ3) is 5.80. The number of hydrogen-bond acceptors (Lipinski definition) is 5. The maximum absolute atomic E-state index is 5.71. The van der Waals surface area contributed by atoms with E-state index in [2.05, 4.69) is 43.8 Å². The molecule has 0 aromatic rings. The Kier molecular flexibility index (Phi) is 9.01. The molecule has 0 heterocycles. The molecule has 0 amide bonds. The van der Waals surface area contributed by atoms with Crippen molar-refractivity contribution in [2.45, 2.75) is 46.3 Å². The van der Waals surface area contributed by atoms with Gasteiger partial charge in [-0.15, -0.1) is 0 Å². The molecule has 0 fully saturated rings. The Morgan fingerprint density at radius 3 is 2.06 bits per heavy atom. The van der Waals surface area contributed by atoms with Crippen molar-refractivity contribution in [3.63, 3.8) is 0 Å². The Balaban J connectivity index is 4.64. The second-order valence-electron chi connectivity index (χ2n) is 4.20. The largest absolute Gasteiger partial charge is 0.333 e. The van der Waals surface area contributed by atoms with Crippen molar-refractivity contribution < 1.29 is 9.05 Å². The number of thiol groups is 1. The predicted octanol–water partition coefficient (Wildman–Crippen LogP) is 3.07. The summed E-state index contributed by atoms with van der Waals surface area (Å²) in [5, 5.41) is -0.225. The second kappa shape index (κ2) is 8.67. The van der Waals surface area contributed by atoms with Gasteiger partial charge in [0.25, 0.3) is 0 Å². The normalized spacial score (nSPS) is 15.8. The van der Waals surface area contributed by atoms with Gasteiger partial charge in [0, 0.05) is 0 Å². The average molecular weight is 268 g/mol. The van der Waals surface area contributed by atoms with Gasteiger partial charge in [-0.25, -0.2) is 10.3 Å². The first-order valence-corrected chi connectivity index (χ1v) is 7.35. The number of hydrogen-bond donors (Lipinski definition) is 3. The molecule has 0 spiro atoms. The van der Waals surface area contributed by atoms with E-state index >= 15 is 0 Å². The molecule has 0 saturated heterocycles. The van der Waals surface area contributed by atoms with Crippen LogP contribution in [0.3, 0.4) is 0 Å². The number of rotatable bonds is 9. The molecule has 4 nitrogen and oxygen atoms in total. The summed E-state index contributed by atoms with van der Waals surface area (Å²) in [6.07, 6.45) is 0.965. The van der Waals surface area contributed by atoms with Crippen LogP contribution in [0.1, 0.15) is 41.0 Å². The Hall–Kier alpha value is 0.620. The van der Waals surface area contributed by atoms with Gasteiger partial charge in [-0.2, -0.15) is 0 Å². The molecular weight excluding hydrogens is 243 g/mol. The van der Waals surface area contributed by atoms with Crippen molar-refractivity contribution in [3.05, 3.63) is 0 Å². The zero-order valence-electron chi connectivity index (χ0n) is 10.9. The monoisotopic (exact) mass is 268 g/mol. The molecule has 0 radical (unpaired) electrons. The minimum absolute atomic E-state index is 0.225. The molecule has 0 aromatic carbocycles. The van der Waals surface area contributed by atoms with E-state index in [4.69, 9.17) is 9.05 Å². The number of hydrazine groups is 1. The van der Waals surface area contributed by atoms with Crippen LogP contribution < -0.4 is 10.3 Å². The summed E-state index contributed by atoms with van der Waals surface area (Å²) in [5.41, 5.74) is 3.15. The van der Waals surface area contributed by atoms with Gasteiger partial charge in [0.1, 0.15) is 0 Å². The summed E-state index contributed by atoms with van der Waals surface area (Å²) < 4.78 is 11.4. The van der Waals surface area contributed by atoms with Gasteiger partial charge in [0.05, 0.1) is 18.5 Å². The molecule has 1 atom stereocenters. The van der Waals surface area contributed by atoms with Gasteiger partial charge in [0.15, 0.2) is 8.38 Å². The van der Waals surface area contributed by atoms with E-state index in [1.807, 2.05) is 13.8 Å². The first-order chi connectivity index (χ1) is 7.50. The van der Waals surface area contributed by atoms with E-state index in [1.54, 1.807) is 0 Å². The van der Waals surface area contributed by atoms with Crippen LogP contribution in [0.15, 0.2) is 0 Å². The molecule has 0 bridgehead atoms. The Labute approximate surface area is 106 Å². The van der Waals surface area contributed by atoms with Crippen molar-refractivity contribution in [2.24, 2.45) is 5.92 Å². The zero-order chi connectivity index (χ0) is 12.6. The Bertz CT molecular complexity index is 180. The van der Waals surface area contributed by atoms with Crippen LogP contribution >= 0.6 is 21.2 Å². The van der Waals surface area contributed by atoms with Gasteiger partial charge in [-0.05, 0) is 33.1 Å². The lowest BCUT2D eigenvalue weighted by Gasteiger charge is -2.37. The molecule has 0 saturated carbocycles. The van der Waals surface area contributed by atoms with Crippen molar-refractivity contribution in [1.82, 2.24) is 10.3 Å². The van der Waals surface area contributed by atoms with Gasteiger partial charge >= 0.3 is 0 Å². The topological polar surface area (TPSA) is 42.5 Å². The van der Waals surface area contributed by atoms with Crippen LogP contribution in [0.5, 0.6) is 0 Å². The fraction of sp³-hybridized carbons (Fsp3) is 1.00. The summed E-state index contributed by atoms with van der Waals surface area (Å²) in [7, 11) is -0.967. The van der Waals surface area contributed by atoms with Gasteiger partial charge < -0.3 is 9.05 Å². The summed E-state index contributed by atoms with van der Waals surface area (Å²) in [6, 6.07) is 0. The highest BCUT2D eigenvalue weighted by molar-refractivity contribution is 7.78. The fourth-order valence-electron chi connectivity index (χ4n) is 1.64. The van der Waals surface area contributed by atoms with Crippen LogP contribution in [0.4, 0.5) is 0 Å². The Morgan fingerprint density at radius 1 is 1.25 bits per heavy atom. The Morgan fingerprint density at radius 2 is 1.75 bits per heavy atom. The van der Waals surface area contributed by atoms with Gasteiger partial charge in [-0.3, -0.25) is 0 Å². The minimum atomic E-state index is -0.967. The van der Waals surface area contributed by atoms with E-state index in [-0.39, 0.29) is 5.28 Å². The van der Waals surface area contributed by atoms with Crippen molar-refractivity contribution in [1.29, 1.82) is 0 Å². The van der Waals surface area contributed by atoms with Crippen molar-refractivity contribution >= 4 is 21.2 Å². The molecule has 6 heteroatoms. The zero-order valence-corrected chi connectivity index (χ0v) is 12.7. The lowest BCUT2D eigenvalue weighted by Crippen LogP contribution is -2.47. The molecule has 0 aliphatic rings. The molecule has 16 heavy (non-hydrogen) atoms. The molecule has 0 aliphatic carbocycles. The highest BCUT2D eigenvalue weighted by Gasteiger charge is 2.37. The van der Waals surface area contributed by atoms with Crippen LogP contribution in [0, 0.1) is 5.92 Å². The van der Waals surface area contributed by atoms with Crippen LogP contribution in [0.2, 0.25) is 0 Å². The fourth-order valence-corrected chi connectivity index (χ4v) is 3.75. The van der Waals surface area contributed by atoms with E-state index in [0.717, 1.165) is 6.42 Å². The average Bonchev–Trinajstić information content (AvgIpc) is 2.16. The third-order valence-electron chi connectivity index (χ3n) is 2.03. The third-order valence-corrected chi connectivity index (χ3v) is 4.22. The quantitative estimate of drug-likeness (QED) is 0.341. The molecule has 98 valence electrons. The minimum Gasteiger partial charge on any atom is -0.333 e. The first-order valence-electron chi connectivity index (χ1n) is 5.72. The van der Waals surface area contributed by atoms with Crippen molar-refractivity contribution in [3.8, 4) is 0 Å². The predicted molar refractivity (Wildman–Crippen MR) is 73.3 cm³/mol. The summed E-state index contributed by atoms with van der Waals surface area (Å²) in [6.45, 7) is 11.8. The van der Waals surface area contributed by atoms with Gasteiger partial charge in [0.2, 0.25) is 0 Å².